The first kappa shape index (κ1) is 6.12. The highest BCUT2D eigenvalue weighted by molar-refractivity contribution is 5.30. The minimum Gasteiger partial charge on any atom is -0.376 e. The summed E-state index contributed by atoms with van der Waals surface area (Å²) in [5, 5.41) is 9.01. The topological polar surface area (TPSA) is 20.2 Å². The number of rotatable bonds is 1. The van der Waals surface area contributed by atoms with Gasteiger partial charge in [-0.2, -0.15) is 0 Å². The van der Waals surface area contributed by atoms with Gasteiger partial charge in [-0.25, -0.2) is 0 Å². The summed E-state index contributed by atoms with van der Waals surface area (Å²) in [5.41, 5.74) is 0.914. The Kier molecular flexibility index (Phi) is 1.72. The second-order valence-electron chi connectivity index (χ2n) is 1.94. The molecule has 1 heteroatoms. The molecule has 0 amide bonds. The Bertz CT molecular complexity index is 193. The van der Waals surface area contributed by atoms with Crippen LogP contribution in [0.25, 0.3) is 0 Å². The van der Waals surface area contributed by atoms with Crippen LogP contribution in [0.5, 0.6) is 0 Å². The van der Waals surface area contributed by atoms with Crippen LogP contribution < -0.4 is 0 Å². The number of terminal acetylenes is 1. The van der Waals surface area contributed by atoms with E-state index in [1.54, 1.807) is 0 Å². The van der Waals surface area contributed by atoms with Gasteiger partial charge in [0.2, 0.25) is 0 Å². The van der Waals surface area contributed by atoms with Gasteiger partial charge < -0.3 is 5.11 Å². The van der Waals surface area contributed by atoms with E-state index in [1.165, 1.54) is 0 Å². The lowest BCUT2D eigenvalue weighted by Gasteiger charge is -2.01. The van der Waals surface area contributed by atoms with Gasteiger partial charge >= 0.3 is 0 Å². The van der Waals surface area contributed by atoms with Crippen molar-refractivity contribution < 1.29 is 5.11 Å². The smallest absolute Gasteiger partial charge is 0.136 e. The number of aliphatic hydroxyl groups is 1. The molecule has 0 aromatic heterocycles. The maximum atomic E-state index is 9.01. The van der Waals surface area contributed by atoms with Crippen molar-refractivity contribution in [3.8, 4) is 12.3 Å². The van der Waals surface area contributed by atoms with Crippen molar-refractivity contribution >= 4 is 0 Å². The summed E-state index contributed by atoms with van der Waals surface area (Å²) in [4.78, 5) is 0. The molecule has 9 heavy (non-hydrogen) atoms. The van der Waals surface area contributed by atoms with E-state index in [-0.39, 0.29) is 0 Å². The highest BCUT2D eigenvalue weighted by Gasteiger charge is 2.06. The minimum absolute atomic E-state index is 0.681. The standard InChI is InChI=1S/C8H8O/c1-2-8(9)7-5-3-4-6-7/h1,3-5,8-9H,6H2. The van der Waals surface area contributed by atoms with Crippen LogP contribution >= 0.6 is 0 Å². The lowest BCUT2D eigenvalue weighted by Crippen LogP contribution is -2.04. The van der Waals surface area contributed by atoms with E-state index in [2.05, 4.69) is 5.92 Å². The van der Waals surface area contributed by atoms with Crippen LogP contribution in [-0.4, -0.2) is 11.2 Å². The van der Waals surface area contributed by atoms with E-state index in [0.29, 0.717) is 0 Å². The van der Waals surface area contributed by atoms with Gasteiger partial charge in [-0.1, -0.05) is 24.1 Å². The van der Waals surface area contributed by atoms with Crippen LogP contribution in [0.2, 0.25) is 0 Å². The van der Waals surface area contributed by atoms with Gasteiger partial charge in [0.15, 0.2) is 0 Å². The molecule has 1 rings (SSSR count). The van der Waals surface area contributed by atoms with E-state index in [1.807, 2.05) is 18.2 Å². The molecule has 0 aliphatic heterocycles. The third-order valence-electron chi connectivity index (χ3n) is 1.31. The fourth-order valence-electron chi connectivity index (χ4n) is 0.774. The van der Waals surface area contributed by atoms with Crippen LogP contribution in [0, 0.1) is 12.3 Å². The molecule has 1 nitrogen and oxygen atoms in total. The summed E-state index contributed by atoms with van der Waals surface area (Å²) >= 11 is 0. The molecule has 0 fully saturated rings. The lowest BCUT2D eigenvalue weighted by molar-refractivity contribution is 0.266. The second-order valence-corrected chi connectivity index (χ2v) is 1.94. The summed E-state index contributed by atoms with van der Waals surface area (Å²) in [5.74, 6) is 2.25. The monoisotopic (exact) mass is 120 g/mol. The average molecular weight is 120 g/mol. The Morgan fingerprint density at radius 1 is 1.78 bits per heavy atom. The Balaban J connectivity index is 2.57. The summed E-state index contributed by atoms with van der Waals surface area (Å²) in [6.45, 7) is 0. The molecular weight excluding hydrogens is 112 g/mol. The second kappa shape index (κ2) is 2.52. The lowest BCUT2D eigenvalue weighted by atomic mass is 10.1. The van der Waals surface area contributed by atoms with Crippen molar-refractivity contribution in [2.45, 2.75) is 12.5 Å². The molecule has 1 aliphatic rings. The first-order valence-electron chi connectivity index (χ1n) is 2.84. The molecule has 0 saturated carbocycles. The minimum atomic E-state index is -0.681. The van der Waals surface area contributed by atoms with Gasteiger partial charge in [-0.15, -0.1) is 6.42 Å². The Hall–Kier alpha value is -1.00. The number of hydrogen-bond acceptors (Lipinski definition) is 1. The van der Waals surface area contributed by atoms with Crippen LogP contribution in [0.15, 0.2) is 23.8 Å². The van der Waals surface area contributed by atoms with E-state index in [4.69, 9.17) is 11.5 Å². The quantitative estimate of drug-likeness (QED) is 0.509. The Labute approximate surface area is 54.7 Å². The van der Waals surface area contributed by atoms with Crippen molar-refractivity contribution in [2.24, 2.45) is 0 Å². The van der Waals surface area contributed by atoms with Gasteiger partial charge in [-0.3, -0.25) is 0 Å². The van der Waals surface area contributed by atoms with Crippen molar-refractivity contribution in [2.75, 3.05) is 0 Å². The van der Waals surface area contributed by atoms with E-state index in [9.17, 15) is 0 Å². The average Bonchev–Trinajstić information content (AvgIpc) is 2.37. The van der Waals surface area contributed by atoms with Gasteiger partial charge in [-0.05, 0) is 12.0 Å². The highest BCUT2D eigenvalue weighted by Crippen LogP contribution is 2.13. The molecule has 0 spiro atoms. The molecule has 1 aliphatic carbocycles. The molecule has 0 aromatic carbocycles. The van der Waals surface area contributed by atoms with Crippen LogP contribution in [0.4, 0.5) is 0 Å². The normalized spacial score (nSPS) is 18.9. The van der Waals surface area contributed by atoms with Crippen molar-refractivity contribution in [3.63, 3.8) is 0 Å². The van der Waals surface area contributed by atoms with Crippen molar-refractivity contribution in [1.82, 2.24) is 0 Å². The third kappa shape index (κ3) is 1.22. The summed E-state index contributed by atoms with van der Waals surface area (Å²) < 4.78 is 0. The van der Waals surface area contributed by atoms with E-state index < -0.39 is 6.10 Å². The number of aliphatic hydroxyl groups excluding tert-OH is 1. The SMILES string of the molecule is C#CC(O)C1=CC=CC1. The molecule has 0 bridgehead atoms. The van der Waals surface area contributed by atoms with E-state index in [0.717, 1.165) is 12.0 Å². The molecule has 0 heterocycles. The summed E-state index contributed by atoms with van der Waals surface area (Å²) in [6.07, 6.45) is 10.8. The molecule has 1 N–H and O–H groups in total. The first-order chi connectivity index (χ1) is 4.34. The molecular formula is C8H8O. The molecule has 0 saturated heterocycles. The summed E-state index contributed by atoms with van der Waals surface area (Å²) in [6, 6.07) is 0. The Morgan fingerprint density at radius 3 is 3.00 bits per heavy atom. The Morgan fingerprint density at radius 2 is 2.56 bits per heavy atom. The fourth-order valence-corrected chi connectivity index (χ4v) is 0.774. The van der Waals surface area contributed by atoms with Gasteiger partial charge in [0.05, 0.1) is 0 Å². The first-order valence-corrected chi connectivity index (χ1v) is 2.84. The van der Waals surface area contributed by atoms with Gasteiger partial charge in [0.1, 0.15) is 6.10 Å². The van der Waals surface area contributed by atoms with Gasteiger partial charge in [0, 0.05) is 0 Å². The fraction of sp³-hybridized carbons (Fsp3) is 0.250. The zero-order valence-corrected chi connectivity index (χ0v) is 5.04. The maximum absolute atomic E-state index is 9.01. The predicted octanol–water partition coefficient (Wildman–Crippen LogP) is 0.867. The zero-order chi connectivity index (χ0) is 6.69. The van der Waals surface area contributed by atoms with E-state index >= 15 is 0 Å². The predicted molar refractivity (Wildman–Crippen MR) is 36.7 cm³/mol. The highest BCUT2D eigenvalue weighted by atomic mass is 16.3. The van der Waals surface area contributed by atoms with Crippen LogP contribution in [0.3, 0.4) is 0 Å². The zero-order valence-electron chi connectivity index (χ0n) is 5.04. The third-order valence-corrected chi connectivity index (χ3v) is 1.31. The summed E-state index contributed by atoms with van der Waals surface area (Å²) in [7, 11) is 0. The number of allylic oxidation sites excluding steroid dienone is 3. The van der Waals surface area contributed by atoms with Crippen LogP contribution in [0.1, 0.15) is 6.42 Å². The van der Waals surface area contributed by atoms with Crippen molar-refractivity contribution in [1.29, 1.82) is 0 Å². The molecule has 1 unspecified atom stereocenters. The number of hydrogen-bond donors (Lipinski definition) is 1. The largest absolute Gasteiger partial charge is 0.376 e. The molecule has 46 valence electrons. The van der Waals surface area contributed by atoms with Crippen molar-refractivity contribution in [3.05, 3.63) is 23.8 Å². The van der Waals surface area contributed by atoms with Crippen LogP contribution in [-0.2, 0) is 0 Å². The maximum Gasteiger partial charge on any atom is 0.136 e. The molecule has 1 atom stereocenters. The van der Waals surface area contributed by atoms with Gasteiger partial charge in [0.25, 0.3) is 0 Å². The molecule has 0 aromatic rings. The molecule has 0 radical (unpaired) electrons.